The van der Waals surface area contributed by atoms with Crippen molar-refractivity contribution < 1.29 is 17.6 Å². The predicted molar refractivity (Wildman–Crippen MR) is 88.5 cm³/mol. The standard InChI is InChI=1S/C16H21N3O4S/c1-18(2)24(20,21)19-10-9-14-13(11-19)17-16(23-14)15(22-3)12-7-5-4-6-8-12/h4-8,15H,9-11H2,1-3H3. The summed E-state index contributed by atoms with van der Waals surface area (Å²) in [6.45, 7) is 0.593. The Balaban J connectivity index is 1.88. The Bertz CT molecular complexity index is 802. The van der Waals surface area contributed by atoms with E-state index in [1.165, 1.54) is 22.7 Å². The van der Waals surface area contributed by atoms with Crippen LogP contribution in [0.25, 0.3) is 0 Å². The minimum absolute atomic E-state index is 0.213. The molecule has 7 nitrogen and oxygen atoms in total. The van der Waals surface area contributed by atoms with Gasteiger partial charge in [-0.05, 0) is 5.56 Å². The molecule has 2 heterocycles. The number of ether oxygens (including phenoxy) is 1. The fraction of sp³-hybridized carbons (Fsp3) is 0.438. The van der Waals surface area contributed by atoms with E-state index in [4.69, 9.17) is 9.15 Å². The second-order valence-electron chi connectivity index (χ2n) is 5.82. The first-order valence-electron chi connectivity index (χ1n) is 7.67. The molecule has 1 aliphatic rings. The maximum atomic E-state index is 12.3. The van der Waals surface area contributed by atoms with E-state index in [9.17, 15) is 8.42 Å². The van der Waals surface area contributed by atoms with Crippen LogP contribution in [0, 0.1) is 0 Å². The molecule has 8 heteroatoms. The summed E-state index contributed by atoms with van der Waals surface area (Å²) in [5, 5.41) is 0. The number of hydrogen-bond acceptors (Lipinski definition) is 5. The van der Waals surface area contributed by atoms with Gasteiger partial charge in [0.1, 0.15) is 5.76 Å². The summed E-state index contributed by atoms with van der Waals surface area (Å²) in [4.78, 5) is 4.51. The molecule has 0 N–H and O–H groups in total. The highest BCUT2D eigenvalue weighted by Crippen LogP contribution is 2.29. The monoisotopic (exact) mass is 351 g/mol. The summed E-state index contributed by atoms with van der Waals surface area (Å²) in [7, 11) is 1.19. The van der Waals surface area contributed by atoms with E-state index in [1.807, 2.05) is 30.3 Å². The molecule has 1 atom stereocenters. The first-order chi connectivity index (χ1) is 11.4. The lowest BCUT2D eigenvalue weighted by molar-refractivity contribution is 0.110. The molecule has 1 aromatic heterocycles. The van der Waals surface area contributed by atoms with E-state index in [2.05, 4.69) is 4.98 Å². The number of hydrogen-bond donors (Lipinski definition) is 0. The molecule has 0 bridgehead atoms. The normalized spacial score (nSPS) is 17.0. The van der Waals surface area contributed by atoms with Gasteiger partial charge in [0.05, 0.1) is 12.2 Å². The van der Waals surface area contributed by atoms with Crippen molar-refractivity contribution in [2.45, 2.75) is 19.1 Å². The molecule has 1 aliphatic heterocycles. The molecule has 0 amide bonds. The van der Waals surface area contributed by atoms with E-state index in [1.54, 1.807) is 7.11 Å². The van der Waals surface area contributed by atoms with Gasteiger partial charge in [-0.2, -0.15) is 17.0 Å². The van der Waals surface area contributed by atoms with Crippen molar-refractivity contribution in [2.24, 2.45) is 0 Å². The number of methoxy groups -OCH3 is 1. The first-order valence-corrected chi connectivity index (χ1v) is 9.07. The Morgan fingerprint density at radius 3 is 2.62 bits per heavy atom. The predicted octanol–water partition coefficient (Wildman–Crippen LogP) is 1.57. The van der Waals surface area contributed by atoms with Crippen LogP contribution in [0.4, 0.5) is 0 Å². The van der Waals surface area contributed by atoms with E-state index >= 15 is 0 Å². The molecule has 0 spiro atoms. The lowest BCUT2D eigenvalue weighted by Gasteiger charge is -2.27. The highest BCUT2D eigenvalue weighted by molar-refractivity contribution is 7.86. The van der Waals surface area contributed by atoms with Crippen LogP contribution in [0.5, 0.6) is 0 Å². The van der Waals surface area contributed by atoms with E-state index < -0.39 is 16.3 Å². The number of aromatic nitrogens is 1. The van der Waals surface area contributed by atoms with E-state index in [-0.39, 0.29) is 6.54 Å². The van der Waals surface area contributed by atoms with Gasteiger partial charge in [0.25, 0.3) is 10.2 Å². The third-order valence-electron chi connectivity index (χ3n) is 4.06. The summed E-state index contributed by atoms with van der Waals surface area (Å²) in [6, 6.07) is 9.67. The molecule has 1 unspecified atom stereocenters. The van der Waals surface area contributed by atoms with Crippen molar-refractivity contribution >= 4 is 10.2 Å². The quantitative estimate of drug-likeness (QED) is 0.817. The van der Waals surface area contributed by atoms with Gasteiger partial charge >= 0.3 is 0 Å². The van der Waals surface area contributed by atoms with Gasteiger partial charge in [0.2, 0.25) is 5.89 Å². The van der Waals surface area contributed by atoms with Gasteiger partial charge in [0, 0.05) is 34.2 Å². The van der Waals surface area contributed by atoms with Crippen molar-refractivity contribution in [1.82, 2.24) is 13.6 Å². The summed E-state index contributed by atoms with van der Waals surface area (Å²) < 4.78 is 38.6. The summed E-state index contributed by atoms with van der Waals surface area (Å²) in [5.41, 5.74) is 1.59. The lowest BCUT2D eigenvalue weighted by Crippen LogP contribution is -2.42. The lowest BCUT2D eigenvalue weighted by atomic mass is 10.1. The summed E-state index contributed by atoms with van der Waals surface area (Å²) in [6.07, 6.45) is 0.0939. The van der Waals surface area contributed by atoms with Crippen molar-refractivity contribution in [3.8, 4) is 0 Å². The van der Waals surface area contributed by atoms with Crippen LogP contribution in [-0.2, 0) is 27.9 Å². The smallest absolute Gasteiger partial charge is 0.281 e. The van der Waals surface area contributed by atoms with Crippen LogP contribution in [0.1, 0.15) is 29.0 Å². The highest BCUT2D eigenvalue weighted by atomic mass is 32.2. The second kappa shape index (κ2) is 6.64. The van der Waals surface area contributed by atoms with Crippen LogP contribution < -0.4 is 0 Å². The van der Waals surface area contributed by atoms with Crippen LogP contribution in [0.2, 0.25) is 0 Å². The second-order valence-corrected chi connectivity index (χ2v) is 7.96. The van der Waals surface area contributed by atoms with Crippen molar-refractivity contribution in [2.75, 3.05) is 27.7 Å². The zero-order valence-corrected chi connectivity index (χ0v) is 14.8. The summed E-state index contributed by atoms with van der Waals surface area (Å²) >= 11 is 0. The molecule has 0 saturated carbocycles. The Kier molecular flexibility index (Phi) is 4.73. The topological polar surface area (TPSA) is 75.9 Å². The molecule has 0 aliphatic carbocycles. The number of rotatable bonds is 5. The molecule has 0 fully saturated rings. The Morgan fingerprint density at radius 2 is 2.00 bits per heavy atom. The molecule has 24 heavy (non-hydrogen) atoms. The Morgan fingerprint density at radius 1 is 1.29 bits per heavy atom. The Hall–Kier alpha value is -1.74. The number of benzene rings is 1. The molecule has 130 valence electrons. The first kappa shape index (κ1) is 17.1. The van der Waals surface area contributed by atoms with Crippen LogP contribution in [-0.4, -0.2) is 49.8 Å². The maximum absolute atomic E-state index is 12.3. The van der Waals surface area contributed by atoms with Crippen LogP contribution in [0.15, 0.2) is 34.7 Å². The third kappa shape index (κ3) is 3.10. The minimum atomic E-state index is -3.46. The average Bonchev–Trinajstić information content (AvgIpc) is 2.99. The van der Waals surface area contributed by atoms with E-state index in [0.717, 1.165) is 11.3 Å². The van der Waals surface area contributed by atoms with Gasteiger partial charge in [-0.3, -0.25) is 0 Å². The van der Waals surface area contributed by atoms with Crippen LogP contribution >= 0.6 is 0 Å². The van der Waals surface area contributed by atoms with Gasteiger partial charge in [-0.25, -0.2) is 4.98 Å². The molecule has 1 aromatic carbocycles. The average molecular weight is 351 g/mol. The zero-order chi connectivity index (χ0) is 17.3. The molecular formula is C16H21N3O4S. The van der Waals surface area contributed by atoms with Gasteiger partial charge in [0.15, 0.2) is 6.10 Å². The highest BCUT2D eigenvalue weighted by Gasteiger charge is 2.32. The van der Waals surface area contributed by atoms with Gasteiger partial charge < -0.3 is 9.15 Å². The molecule has 0 radical (unpaired) electrons. The number of nitrogens with zero attached hydrogens (tertiary/aromatic N) is 3. The van der Waals surface area contributed by atoms with Gasteiger partial charge in [-0.15, -0.1) is 0 Å². The minimum Gasteiger partial charge on any atom is -0.442 e. The number of oxazole rings is 1. The maximum Gasteiger partial charge on any atom is 0.281 e. The molecule has 2 aromatic rings. The van der Waals surface area contributed by atoms with Crippen molar-refractivity contribution in [1.29, 1.82) is 0 Å². The largest absolute Gasteiger partial charge is 0.442 e. The number of fused-ring (bicyclic) bond motifs is 1. The van der Waals surface area contributed by atoms with Crippen molar-refractivity contribution in [3.05, 3.63) is 53.2 Å². The zero-order valence-electron chi connectivity index (χ0n) is 14.0. The van der Waals surface area contributed by atoms with Crippen LogP contribution in [0.3, 0.4) is 0 Å². The molecular weight excluding hydrogens is 330 g/mol. The van der Waals surface area contributed by atoms with E-state index in [0.29, 0.717) is 24.6 Å². The molecule has 3 rings (SSSR count). The Labute approximate surface area is 142 Å². The summed E-state index contributed by atoms with van der Waals surface area (Å²) in [5.74, 6) is 1.19. The SMILES string of the molecule is COC(c1ccccc1)c1nc2c(o1)CCN(S(=O)(=O)N(C)C)C2. The molecule has 0 saturated heterocycles. The third-order valence-corrected chi connectivity index (χ3v) is 5.95. The fourth-order valence-corrected chi connectivity index (χ4v) is 3.81. The fourth-order valence-electron chi connectivity index (χ4n) is 2.74. The van der Waals surface area contributed by atoms with Crippen molar-refractivity contribution in [3.63, 3.8) is 0 Å². The van der Waals surface area contributed by atoms with Gasteiger partial charge in [-0.1, -0.05) is 30.3 Å².